The molecule has 0 saturated carbocycles. The SMILES string of the molecule is CCCN(C(C)C)S(=O)(=O)c1cc(N)c(C)cc1F. The summed E-state index contributed by atoms with van der Waals surface area (Å²) < 4.78 is 40.2. The highest BCUT2D eigenvalue weighted by molar-refractivity contribution is 7.89. The van der Waals surface area contributed by atoms with Gasteiger partial charge in [-0.15, -0.1) is 0 Å². The maximum atomic E-state index is 13.9. The van der Waals surface area contributed by atoms with Gasteiger partial charge in [0.25, 0.3) is 0 Å². The minimum atomic E-state index is -3.85. The van der Waals surface area contributed by atoms with Crippen molar-refractivity contribution in [3.63, 3.8) is 0 Å². The Kier molecular flexibility index (Phi) is 4.92. The third-order valence-electron chi connectivity index (χ3n) is 2.93. The number of sulfonamides is 1. The molecule has 0 amide bonds. The molecular formula is C13H21FN2O2S. The van der Waals surface area contributed by atoms with E-state index in [4.69, 9.17) is 5.73 Å². The van der Waals surface area contributed by atoms with Crippen LogP contribution in [0.4, 0.5) is 10.1 Å². The minimum Gasteiger partial charge on any atom is -0.398 e. The van der Waals surface area contributed by atoms with E-state index in [-0.39, 0.29) is 16.6 Å². The van der Waals surface area contributed by atoms with Gasteiger partial charge in [-0.25, -0.2) is 12.8 Å². The molecule has 0 fully saturated rings. The van der Waals surface area contributed by atoms with Gasteiger partial charge in [0.1, 0.15) is 10.7 Å². The number of nitrogens with two attached hydrogens (primary N) is 1. The van der Waals surface area contributed by atoms with Crippen LogP contribution in [0.1, 0.15) is 32.8 Å². The molecule has 0 bridgehead atoms. The standard InChI is InChI=1S/C13H21FN2O2S/c1-5-6-16(9(2)3)19(17,18)13-8-12(15)10(4)7-11(13)14/h7-9H,5-6,15H2,1-4H3. The number of anilines is 1. The number of aryl methyl sites for hydroxylation is 1. The molecule has 0 aromatic heterocycles. The maximum absolute atomic E-state index is 13.9. The Morgan fingerprint density at radius 2 is 1.95 bits per heavy atom. The summed E-state index contributed by atoms with van der Waals surface area (Å²) in [5.41, 5.74) is 6.50. The van der Waals surface area contributed by atoms with E-state index in [2.05, 4.69) is 0 Å². The van der Waals surface area contributed by atoms with E-state index in [9.17, 15) is 12.8 Å². The Hall–Kier alpha value is -1.14. The van der Waals surface area contributed by atoms with Gasteiger partial charge in [0.2, 0.25) is 10.0 Å². The van der Waals surface area contributed by atoms with Crippen LogP contribution in [0.25, 0.3) is 0 Å². The van der Waals surface area contributed by atoms with Crippen LogP contribution in [0.2, 0.25) is 0 Å². The third kappa shape index (κ3) is 3.25. The highest BCUT2D eigenvalue weighted by Gasteiger charge is 2.29. The summed E-state index contributed by atoms with van der Waals surface area (Å²) in [7, 11) is -3.85. The van der Waals surface area contributed by atoms with E-state index in [1.54, 1.807) is 20.8 Å². The summed E-state index contributed by atoms with van der Waals surface area (Å²) in [6, 6.07) is 2.13. The Bertz CT molecular complexity index is 556. The number of halogens is 1. The molecule has 6 heteroatoms. The number of nitrogen functional groups attached to an aromatic ring is 1. The van der Waals surface area contributed by atoms with Crippen molar-refractivity contribution in [1.29, 1.82) is 0 Å². The first-order valence-electron chi connectivity index (χ1n) is 6.29. The molecule has 4 nitrogen and oxygen atoms in total. The lowest BCUT2D eigenvalue weighted by Gasteiger charge is -2.25. The van der Waals surface area contributed by atoms with Crippen molar-refractivity contribution in [3.05, 3.63) is 23.5 Å². The van der Waals surface area contributed by atoms with Gasteiger partial charge in [0.15, 0.2) is 0 Å². The smallest absolute Gasteiger partial charge is 0.246 e. The molecule has 1 aromatic carbocycles. The van der Waals surface area contributed by atoms with Crippen LogP contribution < -0.4 is 5.73 Å². The van der Waals surface area contributed by atoms with Gasteiger partial charge in [-0.05, 0) is 44.9 Å². The highest BCUT2D eigenvalue weighted by Crippen LogP contribution is 2.25. The number of rotatable bonds is 5. The fraction of sp³-hybridized carbons (Fsp3) is 0.538. The largest absolute Gasteiger partial charge is 0.398 e. The predicted octanol–water partition coefficient (Wildman–Crippen LogP) is 2.53. The van der Waals surface area contributed by atoms with Gasteiger partial charge in [-0.1, -0.05) is 6.92 Å². The highest BCUT2D eigenvalue weighted by atomic mass is 32.2. The van der Waals surface area contributed by atoms with Crippen LogP contribution in [0, 0.1) is 12.7 Å². The van der Waals surface area contributed by atoms with Crippen molar-refractivity contribution in [2.45, 2.75) is 45.1 Å². The molecular weight excluding hydrogens is 267 g/mol. The van der Waals surface area contributed by atoms with Gasteiger partial charge in [-0.2, -0.15) is 4.31 Å². The molecule has 2 N–H and O–H groups in total. The molecule has 1 rings (SSSR count). The van der Waals surface area contributed by atoms with Crippen LogP contribution in [-0.4, -0.2) is 25.3 Å². The monoisotopic (exact) mass is 288 g/mol. The van der Waals surface area contributed by atoms with E-state index in [0.717, 1.165) is 6.07 Å². The summed E-state index contributed by atoms with van der Waals surface area (Å²) in [5.74, 6) is -0.756. The minimum absolute atomic E-state index is 0.230. The Morgan fingerprint density at radius 3 is 2.42 bits per heavy atom. The van der Waals surface area contributed by atoms with E-state index in [1.165, 1.54) is 10.4 Å². The number of hydrogen-bond acceptors (Lipinski definition) is 3. The van der Waals surface area contributed by atoms with Gasteiger partial charge in [0, 0.05) is 18.3 Å². The van der Waals surface area contributed by atoms with Crippen molar-refractivity contribution in [2.75, 3.05) is 12.3 Å². The molecule has 0 heterocycles. The van der Waals surface area contributed by atoms with Crippen molar-refractivity contribution < 1.29 is 12.8 Å². The maximum Gasteiger partial charge on any atom is 0.246 e. The molecule has 0 aliphatic heterocycles. The van der Waals surface area contributed by atoms with Gasteiger partial charge in [0.05, 0.1) is 0 Å². The Labute approximate surface area is 114 Å². The average Bonchev–Trinajstić information content (AvgIpc) is 2.29. The lowest BCUT2D eigenvalue weighted by molar-refractivity contribution is 0.352. The van der Waals surface area contributed by atoms with E-state index in [0.29, 0.717) is 18.5 Å². The number of benzene rings is 1. The van der Waals surface area contributed by atoms with Gasteiger partial charge < -0.3 is 5.73 Å². The topological polar surface area (TPSA) is 63.4 Å². The van der Waals surface area contributed by atoms with Crippen molar-refractivity contribution in [2.24, 2.45) is 0 Å². The fourth-order valence-electron chi connectivity index (χ4n) is 1.87. The fourth-order valence-corrected chi connectivity index (χ4v) is 3.68. The van der Waals surface area contributed by atoms with Crippen LogP contribution in [0.5, 0.6) is 0 Å². The zero-order chi connectivity index (χ0) is 14.8. The normalized spacial score (nSPS) is 12.4. The molecule has 0 aliphatic rings. The van der Waals surface area contributed by atoms with Crippen LogP contribution in [0.3, 0.4) is 0 Å². The lowest BCUT2D eigenvalue weighted by atomic mass is 10.2. The van der Waals surface area contributed by atoms with E-state index >= 15 is 0 Å². The Morgan fingerprint density at radius 1 is 1.37 bits per heavy atom. The molecule has 0 atom stereocenters. The molecule has 108 valence electrons. The zero-order valence-corrected chi connectivity index (χ0v) is 12.6. The quantitative estimate of drug-likeness (QED) is 0.847. The third-order valence-corrected chi connectivity index (χ3v) is 5.02. The summed E-state index contributed by atoms with van der Waals surface area (Å²) in [6.07, 6.45) is 0.667. The summed E-state index contributed by atoms with van der Waals surface area (Å²) in [4.78, 5) is -0.349. The van der Waals surface area contributed by atoms with Crippen LogP contribution in [0.15, 0.2) is 17.0 Å². The number of nitrogens with zero attached hydrogens (tertiary/aromatic N) is 1. The first kappa shape index (κ1) is 15.9. The molecule has 0 unspecified atom stereocenters. The van der Waals surface area contributed by atoms with Crippen LogP contribution >= 0.6 is 0 Å². The number of hydrogen-bond donors (Lipinski definition) is 1. The second kappa shape index (κ2) is 5.88. The second-order valence-corrected chi connectivity index (χ2v) is 6.71. The first-order valence-corrected chi connectivity index (χ1v) is 7.73. The van der Waals surface area contributed by atoms with E-state index in [1.807, 2.05) is 6.92 Å². The van der Waals surface area contributed by atoms with Gasteiger partial charge >= 0.3 is 0 Å². The molecule has 1 aromatic rings. The van der Waals surface area contributed by atoms with Gasteiger partial charge in [-0.3, -0.25) is 0 Å². The zero-order valence-electron chi connectivity index (χ0n) is 11.8. The summed E-state index contributed by atoms with van der Waals surface area (Å²) in [6.45, 7) is 7.41. The first-order chi connectivity index (χ1) is 8.71. The van der Waals surface area contributed by atoms with E-state index < -0.39 is 15.8 Å². The summed E-state index contributed by atoms with van der Waals surface area (Å²) >= 11 is 0. The van der Waals surface area contributed by atoms with Crippen molar-refractivity contribution >= 4 is 15.7 Å². The summed E-state index contributed by atoms with van der Waals surface area (Å²) in [5, 5.41) is 0. The second-order valence-electron chi connectivity index (χ2n) is 4.85. The lowest BCUT2D eigenvalue weighted by Crippen LogP contribution is -2.38. The molecule has 0 spiro atoms. The molecule has 19 heavy (non-hydrogen) atoms. The van der Waals surface area contributed by atoms with Crippen molar-refractivity contribution in [3.8, 4) is 0 Å². The predicted molar refractivity (Wildman–Crippen MR) is 74.9 cm³/mol. The molecule has 0 radical (unpaired) electrons. The molecule has 0 saturated heterocycles. The van der Waals surface area contributed by atoms with Crippen LogP contribution in [-0.2, 0) is 10.0 Å². The Balaban J connectivity index is 3.37. The average molecular weight is 288 g/mol. The van der Waals surface area contributed by atoms with Crippen molar-refractivity contribution in [1.82, 2.24) is 4.31 Å². The molecule has 0 aliphatic carbocycles.